The Labute approximate surface area is 199 Å². The molecule has 33 heavy (non-hydrogen) atoms. The quantitative estimate of drug-likeness (QED) is 0.510. The van der Waals surface area contributed by atoms with Crippen molar-refractivity contribution in [2.75, 3.05) is 53.6 Å². The monoisotopic (exact) mass is 474 g/mol. The Morgan fingerprint density at radius 1 is 1.21 bits per heavy atom. The SMILES string of the molecule is COCC(O)CN(CC(=O)N1CCc2sccc2C1COc1ccc(OC)cc1)CC1CC1. The maximum Gasteiger partial charge on any atom is 0.237 e. The van der Waals surface area contributed by atoms with Crippen LogP contribution in [0.2, 0.25) is 0 Å². The zero-order chi connectivity index (χ0) is 23.2. The number of nitrogens with zero attached hydrogens (tertiary/aromatic N) is 2. The van der Waals surface area contributed by atoms with Gasteiger partial charge in [-0.3, -0.25) is 9.69 Å². The summed E-state index contributed by atoms with van der Waals surface area (Å²) in [6.45, 7) is 2.95. The minimum Gasteiger partial charge on any atom is -0.497 e. The lowest BCUT2D eigenvalue weighted by Crippen LogP contribution is -2.48. The number of aliphatic hydroxyl groups excluding tert-OH is 1. The van der Waals surface area contributed by atoms with Crippen LogP contribution in [0.1, 0.15) is 29.3 Å². The van der Waals surface area contributed by atoms with E-state index in [1.165, 1.54) is 23.3 Å². The second-order valence-electron chi connectivity index (χ2n) is 8.89. The Morgan fingerprint density at radius 2 is 1.97 bits per heavy atom. The number of amides is 1. The zero-order valence-corrected chi connectivity index (χ0v) is 20.3. The molecular weight excluding hydrogens is 440 g/mol. The number of ether oxygens (including phenoxy) is 3. The summed E-state index contributed by atoms with van der Waals surface area (Å²) in [5.74, 6) is 2.25. The Bertz CT molecular complexity index is 898. The number of hydrogen-bond donors (Lipinski definition) is 1. The zero-order valence-electron chi connectivity index (χ0n) is 19.4. The van der Waals surface area contributed by atoms with Crippen LogP contribution < -0.4 is 9.47 Å². The van der Waals surface area contributed by atoms with Gasteiger partial charge in [0.2, 0.25) is 5.91 Å². The predicted octanol–water partition coefficient (Wildman–Crippen LogP) is 2.98. The lowest BCUT2D eigenvalue weighted by Gasteiger charge is -2.37. The molecule has 4 rings (SSSR count). The van der Waals surface area contributed by atoms with Gasteiger partial charge in [0, 0.05) is 31.6 Å². The van der Waals surface area contributed by atoms with Gasteiger partial charge in [-0.2, -0.15) is 0 Å². The van der Waals surface area contributed by atoms with Crippen molar-refractivity contribution in [3.05, 3.63) is 46.2 Å². The minimum absolute atomic E-state index is 0.0837. The lowest BCUT2D eigenvalue weighted by molar-refractivity contribution is -0.136. The maximum absolute atomic E-state index is 13.5. The highest BCUT2D eigenvalue weighted by molar-refractivity contribution is 7.10. The van der Waals surface area contributed by atoms with E-state index in [0.29, 0.717) is 32.2 Å². The molecular formula is C25H34N2O5S. The van der Waals surface area contributed by atoms with Gasteiger partial charge in [-0.05, 0) is 66.5 Å². The molecule has 1 aromatic carbocycles. The van der Waals surface area contributed by atoms with Gasteiger partial charge in [0.25, 0.3) is 0 Å². The Hall–Kier alpha value is -2.13. The molecule has 0 saturated heterocycles. The van der Waals surface area contributed by atoms with E-state index in [1.54, 1.807) is 25.6 Å². The van der Waals surface area contributed by atoms with Gasteiger partial charge < -0.3 is 24.2 Å². The standard InChI is InChI=1S/C25H34N2O5S/c1-30-16-19(28)14-26(13-18-3-4-18)15-25(29)27-11-9-24-22(10-12-33-24)23(27)17-32-21-7-5-20(31-2)6-8-21/h5-8,10,12,18-19,23,28H,3-4,9,11,13-17H2,1-2H3. The van der Waals surface area contributed by atoms with Gasteiger partial charge in [0.1, 0.15) is 18.1 Å². The smallest absolute Gasteiger partial charge is 0.237 e. The number of thiophene rings is 1. The summed E-state index contributed by atoms with van der Waals surface area (Å²) < 4.78 is 16.4. The molecule has 2 heterocycles. The third kappa shape index (κ3) is 6.47. The average molecular weight is 475 g/mol. The second kappa shape index (κ2) is 11.3. The van der Waals surface area contributed by atoms with Gasteiger partial charge in [0.05, 0.1) is 32.4 Å². The van der Waals surface area contributed by atoms with Crippen molar-refractivity contribution in [2.45, 2.75) is 31.4 Å². The minimum atomic E-state index is -0.597. The number of benzene rings is 1. The van der Waals surface area contributed by atoms with Crippen LogP contribution in [0.5, 0.6) is 11.5 Å². The molecule has 2 unspecified atom stereocenters. The van der Waals surface area contributed by atoms with E-state index in [1.807, 2.05) is 29.2 Å². The second-order valence-corrected chi connectivity index (χ2v) is 9.89. The summed E-state index contributed by atoms with van der Waals surface area (Å²) in [5, 5.41) is 12.4. The third-order valence-corrected chi connectivity index (χ3v) is 7.28. The van der Waals surface area contributed by atoms with E-state index >= 15 is 0 Å². The van der Waals surface area contributed by atoms with E-state index in [0.717, 1.165) is 24.5 Å². The van der Waals surface area contributed by atoms with Gasteiger partial charge >= 0.3 is 0 Å². The first-order chi connectivity index (χ1) is 16.1. The van der Waals surface area contributed by atoms with Crippen molar-refractivity contribution < 1.29 is 24.1 Å². The summed E-state index contributed by atoms with van der Waals surface area (Å²) in [7, 11) is 3.22. The van der Waals surface area contributed by atoms with Crippen molar-refractivity contribution in [3.63, 3.8) is 0 Å². The van der Waals surface area contributed by atoms with Crippen molar-refractivity contribution in [3.8, 4) is 11.5 Å². The summed E-state index contributed by atoms with van der Waals surface area (Å²) in [6, 6.07) is 9.51. The first-order valence-corrected chi connectivity index (χ1v) is 12.5. The molecule has 0 bridgehead atoms. The molecule has 1 amide bonds. The number of hydrogen-bond acceptors (Lipinski definition) is 7. The van der Waals surface area contributed by atoms with Crippen LogP contribution >= 0.6 is 11.3 Å². The van der Waals surface area contributed by atoms with E-state index in [-0.39, 0.29) is 18.6 Å². The molecule has 2 atom stereocenters. The predicted molar refractivity (Wildman–Crippen MR) is 128 cm³/mol. The van der Waals surface area contributed by atoms with Crippen LogP contribution in [0.15, 0.2) is 35.7 Å². The van der Waals surface area contributed by atoms with Crippen LogP contribution in [-0.2, 0) is 16.0 Å². The van der Waals surface area contributed by atoms with Gasteiger partial charge in [-0.1, -0.05) is 0 Å². The molecule has 8 heteroatoms. The van der Waals surface area contributed by atoms with Crippen molar-refractivity contribution in [1.29, 1.82) is 0 Å². The highest BCUT2D eigenvalue weighted by Gasteiger charge is 2.34. The largest absolute Gasteiger partial charge is 0.497 e. The van der Waals surface area contributed by atoms with Gasteiger partial charge in [0.15, 0.2) is 0 Å². The number of carbonyl (C=O) groups is 1. The summed E-state index contributed by atoms with van der Waals surface area (Å²) in [4.78, 5) is 18.9. The molecule has 1 N–H and O–H groups in total. The van der Waals surface area contributed by atoms with Crippen LogP contribution in [0.3, 0.4) is 0 Å². The van der Waals surface area contributed by atoms with E-state index < -0.39 is 6.10 Å². The number of fused-ring (bicyclic) bond motifs is 1. The Kier molecular flexibility index (Phi) is 8.25. The molecule has 7 nitrogen and oxygen atoms in total. The molecule has 2 aromatic rings. The number of carbonyl (C=O) groups excluding carboxylic acids is 1. The molecule has 1 fully saturated rings. The molecule has 0 radical (unpaired) electrons. The number of methoxy groups -OCH3 is 2. The van der Waals surface area contributed by atoms with Crippen LogP contribution in [-0.4, -0.2) is 80.5 Å². The van der Waals surface area contributed by atoms with E-state index in [2.05, 4.69) is 16.3 Å². The van der Waals surface area contributed by atoms with Crippen LogP contribution in [0.4, 0.5) is 0 Å². The fourth-order valence-corrected chi connectivity index (χ4v) is 5.34. The number of rotatable bonds is 12. The van der Waals surface area contributed by atoms with Gasteiger partial charge in [-0.25, -0.2) is 0 Å². The Morgan fingerprint density at radius 3 is 2.67 bits per heavy atom. The third-order valence-electron chi connectivity index (χ3n) is 6.28. The van der Waals surface area contributed by atoms with Gasteiger partial charge in [-0.15, -0.1) is 11.3 Å². The van der Waals surface area contributed by atoms with E-state index in [4.69, 9.17) is 14.2 Å². The summed E-state index contributed by atoms with van der Waals surface area (Å²) in [5.41, 5.74) is 1.18. The molecule has 1 aliphatic heterocycles. The highest BCUT2D eigenvalue weighted by Crippen LogP contribution is 2.34. The molecule has 1 saturated carbocycles. The lowest BCUT2D eigenvalue weighted by atomic mass is 10.0. The fraction of sp³-hybridized carbons (Fsp3) is 0.560. The average Bonchev–Trinajstić information content (AvgIpc) is 3.49. The first-order valence-electron chi connectivity index (χ1n) is 11.6. The summed E-state index contributed by atoms with van der Waals surface area (Å²) >= 11 is 1.75. The normalized spacial score (nSPS) is 18.8. The summed E-state index contributed by atoms with van der Waals surface area (Å²) in [6.07, 6.45) is 2.67. The molecule has 180 valence electrons. The maximum atomic E-state index is 13.5. The number of aliphatic hydroxyl groups is 1. The Balaban J connectivity index is 1.44. The molecule has 0 spiro atoms. The fourth-order valence-electron chi connectivity index (χ4n) is 4.42. The van der Waals surface area contributed by atoms with Crippen molar-refractivity contribution in [2.24, 2.45) is 5.92 Å². The molecule has 1 aromatic heterocycles. The highest BCUT2D eigenvalue weighted by atomic mass is 32.1. The molecule has 2 aliphatic rings. The van der Waals surface area contributed by atoms with Crippen LogP contribution in [0, 0.1) is 5.92 Å². The first kappa shape index (κ1) is 24.0. The van der Waals surface area contributed by atoms with Crippen molar-refractivity contribution >= 4 is 17.2 Å². The van der Waals surface area contributed by atoms with E-state index in [9.17, 15) is 9.90 Å². The van der Waals surface area contributed by atoms with Crippen molar-refractivity contribution in [1.82, 2.24) is 9.80 Å². The van der Waals surface area contributed by atoms with Crippen LogP contribution in [0.25, 0.3) is 0 Å². The molecule has 1 aliphatic carbocycles. The topological polar surface area (TPSA) is 71.5 Å².